The average Bonchev–Trinajstić information content (AvgIpc) is 3.17. The molecule has 1 aromatic heterocycles. The van der Waals surface area contributed by atoms with Crippen LogP contribution in [0.15, 0.2) is 54.7 Å². The summed E-state index contributed by atoms with van der Waals surface area (Å²) in [5.41, 5.74) is 2.45. The Morgan fingerprint density at radius 1 is 1.24 bits per heavy atom. The van der Waals surface area contributed by atoms with Crippen LogP contribution in [0.3, 0.4) is 0 Å². The van der Waals surface area contributed by atoms with Crippen molar-refractivity contribution in [3.8, 4) is 17.0 Å². The van der Waals surface area contributed by atoms with E-state index in [2.05, 4.69) is 15.6 Å². The largest absolute Gasteiger partial charge is 0.497 e. The van der Waals surface area contributed by atoms with E-state index in [1.54, 1.807) is 49.7 Å². The molecule has 0 radical (unpaired) electrons. The molecular weight excluding hydrogens is 375 g/mol. The Morgan fingerprint density at radius 2 is 2.00 bits per heavy atom. The molecule has 0 unspecified atom stereocenters. The topological polar surface area (TPSA) is 77.4 Å². The monoisotopic (exact) mass is 396 g/mol. The Kier molecular flexibility index (Phi) is 5.44. The molecule has 150 valence electrons. The van der Waals surface area contributed by atoms with Crippen LogP contribution in [-0.2, 0) is 17.9 Å². The standard InChI is InChI=1S/C21H21FN4O3/c1-28-17-8-6-16(7-9-17)25-21(27)24-10-18-12-26-19(11-23-20(26)13-29-18)14-2-4-15(22)5-3-14/h2-9,11,18H,10,12-13H2,1H3,(H2,24,25,27)/t18-/m0/s1. The summed E-state index contributed by atoms with van der Waals surface area (Å²) >= 11 is 0. The van der Waals surface area contributed by atoms with Crippen LogP contribution in [0.2, 0.25) is 0 Å². The first kappa shape index (κ1) is 18.9. The Hall–Kier alpha value is -3.39. The van der Waals surface area contributed by atoms with Crippen molar-refractivity contribution in [2.75, 3.05) is 19.0 Å². The van der Waals surface area contributed by atoms with Gasteiger partial charge in [0.2, 0.25) is 0 Å². The van der Waals surface area contributed by atoms with Gasteiger partial charge in [0.25, 0.3) is 0 Å². The summed E-state index contributed by atoms with van der Waals surface area (Å²) in [7, 11) is 1.59. The number of anilines is 1. The number of carbonyl (C=O) groups is 1. The zero-order chi connectivity index (χ0) is 20.2. The van der Waals surface area contributed by atoms with Crippen molar-refractivity contribution in [1.82, 2.24) is 14.9 Å². The first-order chi connectivity index (χ1) is 14.1. The maximum Gasteiger partial charge on any atom is 0.319 e. The van der Waals surface area contributed by atoms with Gasteiger partial charge in [-0.15, -0.1) is 0 Å². The summed E-state index contributed by atoms with van der Waals surface area (Å²) in [6, 6.07) is 13.1. The lowest BCUT2D eigenvalue weighted by Crippen LogP contribution is -2.40. The number of halogens is 1. The second-order valence-corrected chi connectivity index (χ2v) is 6.67. The first-order valence-electron chi connectivity index (χ1n) is 9.23. The number of hydrogen-bond donors (Lipinski definition) is 2. The molecular formula is C21H21FN4O3. The lowest BCUT2D eigenvalue weighted by atomic mass is 10.1. The van der Waals surface area contributed by atoms with Crippen molar-refractivity contribution in [2.24, 2.45) is 0 Å². The smallest absolute Gasteiger partial charge is 0.319 e. The van der Waals surface area contributed by atoms with Crippen molar-refractivity contribution in [3.05, 3.63) is 66.4 Å². The van der Waals surface area contributed by atoms with Crippen molar-refractivity contribution >= 4 is 11.7 Å². The first-order valence-corrected chi connectivity index (χ1v) is 9.23. The van der Waals surface area contributed by atoms with E-state index in [9.17, 15) is 9.18 Å². The average molecular weight is 396 g/mol. The van der Waals surface area contributed by atoms with Gasteiger partial charge >= 0.3 is 6.03 Å². The molecule has 1 atom stereocenters. The second kappa shape index (κ2) is 8.32. The zero-order valence-electron chi connectivity index (χ0n) is 15.9. The molecule has 0 bridgehead atoms. The fraction of sp³-hybridized carbons (Fsp3) is 0.238. The molecule has 0 aliphatic carbocycles. The van der Waals surface area contributed by atoms with Gasteiger partial charge in [0.1, 0.15) is 24.0 Å². The third-order valence-electron chi connectivity index (χ3n) is 4.75. The molecule has 4 rings (SSSR count). The van der Waals surface area contributed by atoms with E-state index in [1.807, 2.05) is 4.57 Å². The molecule has 2 N–H and O–H groups in total. The molecule has 2 aromatic carbocycles. The lowest BCUT2D eigenvalue weighted by Gasteiger charge is -2.26. The van der Waals surface area contributed by atoms with E-state index in [4.69, 9.17) is 9.47 Å². The SMILES string of the molecule is COc1ccc(NC(=O)NC[C@H]2Cn3c(-c4ccc(F)cc4)cnc3CO2)cc1. The minimum atomic E-state index is -0.311. The van der Waals surface area contributed by atoms with Gasteiger partial charge < -0.3 is 24.7 Å². The van der Waals surface area contributed by atoms with E-state index < -0.39 is 0 Å². The summed E-state index contributed by atoms with van der Waals surface area (Å²) in [6.07, 6.45) is 1.57. The number of aromatic nitrogens is 2. The summed E-state index contributed by atoms with van der Waals surface area (Å²) in [5, 5.41) is 5.60. The number of rotatable bonds is 5. The number of ether oxygens (including phenoxy) is 2. The highest BCUT2D eigenvalue weighted by molar-refractivity contribution is 5.89. The molecule has 0 spiro atoms. The van der Waals surface area contributed by atoms with E-state index in [-0.39, 0.29) is 18.0 Å². The number of imidazole rings is 1. The highest BCUT2D eigenvalue weighted by Gasteiger charge is 2.23. The zero-order valence-corrected chi connectivity index (χ0v) is 15.9. The van der Waals surface area contributed by atoms with E-state index in [1.165, 1.54) is 12.1 Å². The van der Waals surface area contributed by atoms with Crippen molar-refractivity contribution in [1.29, 1.82) is 0 Å². The third kappa shape index (κ3) is 4.38. The van der Waals surface area contributed by atoms with Gasteiger partial charge in [-0.3, -0.25) is 0 Å². The number of amides is 2. The Balaban J connectivity index is 1.35. The number of carbonyl (C=O) groups excluding carboxylic acids is 1. The number of methoxy groups -OCH3 is 1. The molecule has 0 fully saturated rings. The predicted molar refractivity (Wildman–Crippen MR) is 106 cm³/mol. The lowest BCUT2D eigenvalue weighted by molar-refractivity contribution is 0.00514. The quantitative estimate of drug-likeness (QED) is 0.693. The van der Waals surface area contributed by atoms with Gasteiger partial charge in [-0.05, 0) is 54.1 Å². The molecule has 29 heavy (non-hydrogen) atoms. The fourth-order valence-corrected chi connectivity index (χ4v) is 3.21. The molecule has 8 heteroatoms. The molecule has 2 amide bonds. The fourth-order valence-electron chi connectivity index (χ4n) is 3.21. The molecule has 2 heterocycles. The number of nitrogens with one attached hydrogen (secondary N) is 2. The van der Waals surface area contributed by atoms with Gasteiger partial charge in [0.15, 0.2) is 0 Å². The number of urea groups is 1. The highest BCUT2D eigenvalue weighted by atomic mass is 19.1. The van der Waals surface area contributed by atoms with Crippen LogP contribution in [0.5, 0.6) is 5.75 Å². The second-order valence-electron chi connectivity index (χ2n) is 6.67. The molecule has 3 aromatic rings. The Morgan fingerprint density at radius 3 is 2.72 bits per heavy atom. The van der Waals surface area contributed by atoms with Crippen molar-refractivity contribution in [3.63, 3.8) is 0 Å². The maximum absolute atomic E-state index is 13.2. The number of fused-ring (bicyclic) bond motifs is 1. The highest BCUT2D eigenvalue weighted by Crippen LogP contribution is 2.25. The summed E-state index contributed by atoms with van der Waals surface area (Å²) in [4.78, 5) is 16.6. The molecule has 0 saturated heterocycles. The Labute approximate surface area is 167 Å². The minimum absolute atomic E-state index is 0.197. The van der Waals surface area contributed by atoms with Gasteiger partial charge in [-0.1, -0.05) is 0 Å². The van der Waals surface area contributed by atoms with E-state index >= 15 is 0 Å². The Bertz CT molecular complexity index is 986. The number of nitrogens with zero attached hydrogens (tertiary/aromatic N) is 2. The number of benzene rings is 2. The van der Waals surface area contributed by atoms with Gasteiger partial charge in [0, 0.05) is 12.2 Å². The molecule has 7 nitrogen and oxygen atoms in total. The van der Waals surface area contributed by atoms with Gasteiger partial charge in [-0.25, -0.2) is 14.2 Å². The van der Waals surface area contributed by atoms with Crippen LogP contribution < -0.4 is 15.4 Å². The summed E-state index contributed by atoms with van der Waals surface area (Å²) < 4.78 is 26.2. The van der Waals surface area contributed by atoms with Crippen LogP contribution in [-0.4, -0.2) is 35.3 Å². The van der Waals surface area contributed by atoms with E-state index in [0.29, 0.717) is 25.4 Å². The minimum Gasteiger partial charge on any atom is -0.497 e. The van der Waals surface area contributed by atoms with Crippen LogP contribution in [0.4, 0.5) is 14.9 Å². The van der Waals surface area contributed by atoms with Crippen molar-refractivity contribution < 1.29 is 18.7 Å². The van der Waals surface area contributed by atoms with Crippen LogP contribution >= 0.6 is 0 Å². The molecule has 1 aliphatic heterocycles. The molecule has 0 saturated carbocycles. The molecule has 1 aliphatic rings. The van der Waals surface area contributed by atoms with Gasteiger partial charge in [-0.2, -0.15) is 0 Å². The normalized spacial score (nSPS) is 15.4. The third-order valence-corrected chi connectivity index (χ3v) is 4.75. The van der Waals surface area contributed by atoms with Crippen LogP contribution in [0.25, 0.3) is 11.3 Å². The maximum atomic E-state index is 13.2. The van der Waals surface area contributed by atoms with E-state index in [0.717, 1.165) is 22.8 Å². The summed E-state index contributed by atoms with van der Waals surface area (Å²) in [5.74, 6) is 1.25. The number of hydrogen-bond acceptors (Lipinski definition) is 4. The van der Waals surface area contributed by atoms with Crippen LogP contribution in [0.1, 0.15) is 5.82 Å². The summed E-state index contributed by atoms with van der Waals surface area (Å²) in [6.45, 7) is 1.25. The predicted octanol–water partition coefficient (Wildman–Crippen LogP) is 3.42. The van der Waals surface area contributed by atoms with Crippen LogP contribution in [0, 0.1) is 5.82 Å². The van der Waals surface area contributed by atoms with Crippen molar-refractivity contribution in [2.45, 2.75) is 19.3 Å². The van der Waals surface area contributed by atoms with Gasteiger partial charge in [0.05, 0.1) is 31.6 Å².